The summed E-state index contributed by atoms with van der Waals surface area (Å²) in [5.41, 5.74) is 0.987. The highest BCUT2D eigenvalue weighted by atomic mass is 19.3. The zero-order valence-electron chi connectivity index (χ0n) is 11.4. The van der Waals surface area contributed by atoms with E-state index in [-0.39, 0.29) is 5.75 Å². The fourth-order valence-corrected chi connectivity index (χ4v) is 1.66. The van der Waals surface area contributed by atoms with Gasteiger partial charge in [0.15, 0.2) is 11.5 Å². The summed E-state index contributed by atoms with van der Waals surface area (Å²) >= 11 is 0. The fraction of sp³-hybridized carbons (Fsp3) is 0.571. The fourth-order valence-electron chi connectivity index (χ4n) is 1.66. The molecule has 1 aromatic rings. The Morgan fingerprint density at radius 2 is 2.00 bits per heavy atom. The molecule has 0 fully saturated rings. The minimum absolute atomic E-state index is 0.0779. The van der Waals surface area contributed by atoms with Crippen LogP contribution in [0.1, 0.15) is 32.3 Å². The highest BCUT2D eigenvalue weighted by Gasteiger charge is 2.11. The predicted octanol–water partition coefficient (Wildman–Crippen LogP) is 3.58. The van der Waals surface area contributed by atoms with E-state index in [9.17, 15) is 8.78 Å². The van der Waals surface area contributed by atoms with E-state index in [1.165, 1.54) is 6.07 Å². The average molecular weight is 273 g/mol. The largest absolute Gasteiger partial charge is 0.490 e. The lowest BCUT2D eigenvalue weighted by Gasteiger charge is -2.13. The molecule has 1 aromatic carbocycles. The van der Waals surface area contributed by atoms with Crippen molar-refractivity contribution in [2.24, 2.45) is 0 Å². The van der Waals surface area contributed by atoms with Crippen LogP contribution in [0.5, 0.6) is 11.5 Å². The molecule has 0 unspecified atom stereocenters. The van der Waals surface area contributed by atoms with E-state index in [4.69, 9.17) is 4.74 Å². The van der Waals surface area contributed by atoms with Gasteiger partial charge in [0.25, 0.3) is 0 Å². The summed E-state index contributed by atoms with van der Waals surface area (Å²) in [7, 11) is 0. The van der Waals surface area contributed by atoms with Crippen molar-refractivity contribution in [2.45, 2.75) is 39.8 Å². The number of hydrogen-bond donors (Lipinski definition) is 1. The van der Waals surface area contributed by atoms with Crippen LogP contribution in [0.3, 0.4) is 0 Å². The van der Waals surface area contributed by atoms with Crippen molar-refractivity contribution in [3.8, 4) is 11.5 Å². The van der Waals surface area contributed by atoms with Gasteiger partial charge >= 0.3 is 6.61 Å². The molecule has 0 aromatic heterocycles. The van der Waals surface area contributed by atoms with Crippen molar-refractivity contribution in [1.82, 2.24) is 5.32 Å². The van der Waals surface area contributed by atoms with E-state index in [2.05, 4.69) is 17.0 Å². The quantitative estimate of drug-likeness (QED) is 0.698. The monoisotopic (exact) mass is 273 g/mol. The molecular formula is C14H21F2NO2. The number of nitrogens with one attached hydrogen (secondary N) is 1. The van der Waals surface area contributed by atoms with E-state index in [0.717, 1.165) is 24.9 Å². The van der Waals surface area contributed by atoms with Gasteiger partial charge in [-0.1, -0.05) is 19.4 Å². The van der Waals surface area contributed by atoms with Crippen molar-refractivity contribution < 1.29 is 18.3 Å². The SMILES string of the molecule is CCCCNCc1ccc(OC(F)F)c(OCC)c1. The molecule has 0 spiro atoms. The number of ether oxygens (including phenoxy) is 2. The third kappa shape index (κ3) is 5.87. The standard InChI is InChI=1S/C14H21F2NO2/c1-3-5-8-17-10-11-6-7-12(19-14(15)16)13(9-11)18-4-2/h6-7,9,14,17H,3-5,8,10H2,1-2H3. The van der Waals surface area contributed by atoms with Gasteiger partial charge in [-0.25, -0.2) is 0 Å². The van der Waals surface area contributed by atoms with Crippen LogP contribution in [0.15, 0.2) is 18.2 Å². The molecule has 0 bridgehead atoms. The topological polar surface area (TPSA) is 30.5 Å². The molecule has 0 aliphatic rings. The molecule has 0 saturated heterocycles. The summed E-state index contributed by atoms with van der Waals surface area (Å²) in [5.74, 6) is 0.437. The van der Waals surface area contributed by atoms with E-state index < -0.39 is 6.61 Å². The average Bonchev–Trinajstić information content (AvgIpc) is 2.37. The first-order valence-electron chi connectivity index (χ1n) is 6.58. The number of unbranched alkanes of at least 4 members (excludes halogenated alkanes) is 1. The number of hydrogen-bond acceptors (Lipinski definition) is 3. The van der Waals surface area contributed by atoms with Crippen LogP contribution in [0.2, 0.25) is 0 Å². The van der Waals surface area contributed by atoms with Crippen molar-refractivity contribution >= 4 is 0 Å². The molecule has 1 rings (SSSR count). The highest BCUT2D eigenvalue weighted by molar-refractivity contribution is 5.43. The van der Waals surface area contributed by atoms with Crippen LogP contribution in [0.25, 0.3) is 0 Å². The van der Waals surface area contributed by atoms with E-state index in [1.54, 1.807) is 19.1 Å². The Labute approximate surface area is 112 Å². The van der Waals surface area contributed by atoms with Gasteiger partial charge < -0.3 is 14.8 Å². The Morgan fingerprint density at radius 3 is 2.63 bits per heavy atom. The van der Waals surface area contributed by atoms with Crippen molar-refractivity contribution in [3.05, 3.63) is 23.8 Å². The zero-order chi connectivity index (χ0) is 14.1. The molecule has 0 aliphatic carbocycles. The van der Waals surface area contributed by atoms with Gasteiger partial charge in [0.2, 0.25) is 0 Å². The summed E-state index contributed by atoms with van der Waals surface area (Å²) < 4.78 is 34.2. The van der Waals surface area contributed by atoms with E-state index >= 15 is 0 Å². The number of alkyl halides is 2. The molecule has 108 valence electrons. The Bertz CT molecular complexity index is 372. The molecule has 0 atom stereocenters. The number of benzene rings is 1. The Balaban J connectivity index is 2.66. The van der Waals surface area contributed by atoms with Gasteiger partial charge in [-0.05, 0) is 37.6 Å². The van der Waals surface area contributed by atoms with Crippen LogP contribution in [-0.4, -0.2) is 19.8 Å². The van der Waals surface area contributed by atoms with Crippen molar-refractivity contribution in [3.63, 3.8) is 0 Å². The summed E-state index contributed by atoms with van der Waals surface area (Å²) in [6.07, 6.45) is 2.25. The van der Waals surface area contributed by atoms with Crippen molar-refractivity contribution in [2.75, 3.05) is 13.2 Å². The van der Waals surface area contributed by atoms with Gasteiger partial charge in [-0.15, -0.1) is 0 Å². The van der Waals surface area contributed by atoms with E-state index in [1.807, 2.05) is 0 Å². The zero-order valence-corrected chi connectivity index (χ0v) is 11.4. The summed E-state index contributed by atoms with van der Waals surface area (Å²) in [6, 6.07) is 5.02. The first-order valence-corrected chi connectivity index (χ1v) is 6.58. The van der Waals surface area contributed by atoms with Gasteiger partial charge in [0, 0.05) is 6.54 Å². The second-order valence-corrected chi connectivity index (χ2v) is 4.12. The van der Waals surface area contributed by atoms with Crippen LogP contribution in [-0.2, 0) is 6.54 Å². The molecule has 0 saturated carbocycles. The minimum Gasteiger partial charge on any atom is -0.490 e. The summed E-state index contributed by atoms with van der Waals surface area (Å²) in [5, 5.41) is 3.29. The minimum atomic E-state index is -2.84. The van der Waals surface area contributed by atoms with Gasteiger partial charge in [-0.2, -0.15) is 8.78 Å². The van der Waals surface area contributed by atoms with Crippen LogP contribution < -0.4 is 14.8 Å². The number of halogens is 2. The highest BCUT2D eigenvalue weighted by Crippen LogP contribution is 2.29. The second kappa shape index (κ2) is 8.69. The third-order valence-corrected chi connectivity index (χ3v) is 2.56. The smallest absolute Gasteiger partial charge is 0.387 e. The molecule has 0 radical (unpaired) electrons. The Hall–Kier alpha value is -1.36. The number of rotatable bonds is 9. The molecule has 19 heavy (non-hydrogen) atoms. The molecule has 1 N–H and O–H groups in total. The molecule has 0 aliphatic heterocycles. The Kier molecular flexibility index (Phi) is 7.18. The maximum Gasteiger partial charge on any atom is 0.387 e. The van der Waals surface area contributed by atoms with Crippen LogP contribution in [0, 0.1) is 0 Å². The molecular weight excluding hydrogens is 252 g/mol. The summed E-state index contributed by atoms with van der Waals surface area (Å²) in [6.45, 7) is 3.13. The predicted molar refractivity (Wildman–Crippen MR) is 70.9 cm³/mol. The van der Waals surface area contributed by atoms with Crippen molar-refractivity contribution in [1.29, 1.82) is 0 Å². The molecule has 3 nitrogen and oxygen atoms in total. The maximum absolute atomic E-state index is 12.2. The molecule has 0 amide bonds. The van der Waals surface area contributed by atoms with Gasteiger partial charge in [0.05, 0.1) is 6.61 Å². The summed E-state index contributed by atoms with van der Waals surface area (Å²) in [4.78, 5) is 0. The maximum atomic E-state index is 12.2. The third-order valence-electron chi connectivity index (χ3n) is 2.56. The molecule has 0 heterocycles. The lowest BCUT2D eigenvalue weighted by Crippen LogP contribution is -2.14. The van der Waals surface area contributed by atoms with Crippen LogP contribution >= 0.6 is 0 Å². The lowest BCUT2D eigenvalue weighted by atomic mass is 10.2. The second-order valence-electron chi connectivity index (χ2n) is 4.12. The Morgan fingerprint density at radius 1 is 1.21 bits per heavy atom. The lowest BCUT2D eigenvalue weighted by molar-refractivity contribution is -0.0514. The van der Waals surface area contributed by atoms with Crippen LogP contribution in [0.4, 0.5) is 8.78 Å². The van der Waals surface area contributed by atoms with Gasteiger partial charge in [0.1, 0.15) is 0 Å². The first-order chi connectivity index (χ1) is 9.17. The normalized spacial score (nSPS) is 10.8. The molecule has 5 heteroatoms. The first kappa shape index (κ1) is 15.7. The van der Waals surface area contributed by atoms with Gasteiger partial charge in [-0.3, -0.25) is 0 Å². The van der Waals surface area contributed by atoms with E-state index in [0.29, 0.717) is 18.9 Å².